The smallest absolute Gasteiger partial charge is 0.256 e. The Labute approximate surface area is 181 Å². The van der Waals surface area contributed by atoms with Crippen LogP contribution in [0.5, 0.6) is 0 Å². The Kier molecular flexibility index (Phi) is 7.17. The molecule has 2 aromatic rings. The van der Waals surface area contributed by atoms with Crippen molar-refractivity contribution < 1.29 is 9.59 Å². The van der Waals surface area contributed by atoms with Gasteiger partial charge in [0.15, 0.2) is 0 Å². The third-order valence-electron chi connectivity index (χ3n) is 5.04. The minimum Gasteiger partial charge on any atom is -0.327 e. The van der Waals surface area contributed by atoms with Crippen molar-refractivity contribution in [2.75, 3.05) is 32.5 Å². The lowest BCUT2D eigenvalue weighted by Gasteiger charge is -2.24. The molecule has 154 valence electrons. The number of amides is 2. The number of nitrogens with zero attached hydrogens (tertiary/aromatic N) is 2. The minimum absolute atomic E-state index is 0.185. The van der Waals surface area contributed by atoms with Gasteiger partial charge in [0.05, 0.1) is 10.6 Å². The summed E-state index contributed by atoms with van der Waals surface area (Å²) in [7, 11) is 4.08. The van der Waals surface area contributed by atoms with Crippen molar-refractivity contribution in [2.45, 2.75) is 25.3 Å². The Balaban J connectivity index is 1.67. The molecule has 1 aliphatic rings. The lowest BCUT2D eigenvalue weighted by atomic mass is 10.1. The molecular weight excluding hydrogens is 409 g/mol. The molecule has 1 heterocycles. The summed E-state index contributed by atoms with van der Waals surface area (Å²) < 4.78 is 0. The van der Waals surface area contributed by atoms with Gasteiger partial charge >= 0.3 is 0 Å². The minimum atomic E-state index is -0.522. The second kappa shape index (κ2) is 9.61. The number of hydrogen-bond acceptors (Lipinski definition) is 3. The molecule has 29 heavy (non-hydrogen) atoms. The fraction of sp³-hybridized carbons (Fsp3) is 0.364. The van der Waals surface area contributed by atoms with Gasteiger partial charge in [0.2, 0.25) is 5.91 Å². The van der Waals surface area contributed by atoms with E-state index in [0.717, 1.165) is 25.1 Å². The average molecular weight is 434 g/mol. The third kappa shape index (κ3) is 5.50. The van der Waals surface area contributed by atoms with Crippen LogP contribution in [0.2, 0.25) is 10.0 Å². The molecule has 5 nitrogen and oxygen atoms in total. The van der Waals surface area contributed by atoms with Crippen LogP contribution in [0.25, 0.3) is 0 Å². The Bertz CT molecular complexity index is 884. The number of hydrogen-bond donors (Lipinski definition) is 1. The summed E-state index contributed by atoms with van der Waals surface area (Å²) in [6.45, 7) is 1.49. The van der Waals surface area contributed by atoms with Crippen molar-refractivity contribution in [3.05, 3.63) is 63.6 Å². The van der Waals surface area contributed by atoms with Crippen LogP contribution in [0.3, 0.4) is 0 Å². The van der Waals surface area contributed by atoms with E-state index >= 15 is 0 Å². The molecule has 0 aliphatic carbocycles. The largest absolute Gasteiger partial charge is 0.327 e. The maximum atomic E-state index is 13.0. The molecule has 0 saturated carbocycles. The normalized spacial score (nSPS) is 16.3. The first kappa shape index (κ1) is 21.6. The molecule has 1 saturated heterocycles. The molecule has 1 aliphatic heterocycles. The van der Waals surface area contributed by atoms with Gasteiger partial charge in [-0.05, 0) is 69.3 Å². The average Bonchev–Trinajstić information content (AvgIpc) is 3.18. The molecule has 3 rings (SSSR count). The van der Waals surface area contributed by atoms with E-state index in [1.54, 1.807) is 23.1 Å². The Morgan fingerprint density at radius 3 is 2.55 bits per heavy atom. The molecule has 0 bridgehead atoms. The number of likely N-dealkylation sites (tertiary alicyclic amines) is 1. The second-order valence-electron chi connectivity index (χ2n) is 7.52. The number of benzene rings is 2. The predicted molar refractivity (Wildman–Crippen MR) is 118 cm³/mol. The van der Waals surface area contributed by atoms with E-state index in [9.17, 15) is 9.59 Å². The van der Waals surface area contributed by atoms with Gasteiger partial charge in [-0.25, -0.2) is 0 Å². The standard InChI is InChI=1S/C22H25Cl2N3O2/c1-26(2)13-11-15-5-8-17(9-6-15)25-21(28)20-4-3-12-27(20)22(29)18-14-16(23)7-10-19(18)24/h5-10,14,20H,3-4,11-13H2,1-2H3,(H,25,28). The number of likely N-dealkylation sites (N-methyl/N-ethyl adjacent to an activating group) is 1. The van der Waals surface area contributed by atoms with Crippen LogP contribution in [-0.4, -0.2) is 54.8 Å². The second-order valence-corrected chi connectivity index (χ2v) is 8.36. The topological polar surface area (TPSA) is 52.7 Å². The van der Waals surface area contributed by atoms with Crippen molar-refractivity contribution in [2.24, 2.45) is 0 Å². The summed E-state index contributed by atoms with van der Waals surface area (Å²) in [5.74, 6) is -0.454. The van der Waals surface area contributed by atoms with Crippen LogP contribution in [0.1, 0.15) is 28.8 Å². The zero-order valence-electron chi connectivity index (χ0n) is 16.6. The van der Waals surface area contributed by atoms with Gasteiger partial charge < -0.3 is 15.1 Å². The van der Waals surface area contributed by atoms with Crippen LogP contribution in [0.15, 0.2) is 42.5 Å². The van der Waals surface area contributed by atoms with Gasteiger partial charge in [0.1, 0.15) is 6.04 Å². The van der Waals surface area contributed by atoms with Gasteiger partial charge in [-0.15, -0.1) is 0 Å². The predicted octanol–water partition coefficient (Wildman–Crippen LogP) is 4.34. The van der Waals surface area contributed by atoms with Gasteiger partial charge in [-0.3, -0.25) is 9.59 Å². The highest BCUT2D eigenvalue weighted by Gasteiger charge is 2.35. The van der Waals surface area contributed by atoms with Crippen molar-refractivity contribution in [1.82, 2.24) is 9.80 Å². The Hall–Kier alpha value is -2.08. The first-order chi connectivity index (χ1) is 13.8. The lowest BCUT2D eigenvalue weighted by molar-refractivity contribution is -0.119. The molecule has 0 radical (unpaired) electrons. The van der Waals surface area contributed by atoms with E-state index in [4.69, 9.17) is 23.2 Å². The molecule has 1 N–H and O–H groups in total. The quantitative estimate of drug-likeness (QED) is 0.736. The molecule has 2 aromatic carbocycles. The SMILES string of the molecule is CN(C)CCc1ccc(NC(=O)C2CCCN2C(=O)c2cc(Cl)ccc2Cl)cc1. The van der Waals surface area contributed by atoms with E-state index in [1.807, 2.05) is 38.4 Å². The third-order valence-corrected chi connectivity index (χ3v) is 5.61. The van der Waals surface area contributed by atoms with Gasteiger partial charge in [-0.1, -0.05) is 35.3 Å². The van der Waals surface area contributed by atoms with Gasteiger partial charge in [-0.2, -0.15) is 0 Å². The molecule has 7 heteroatoms. The zero-order chi connectivity index (χ0) is 21.0. The molecule has 0 aromatic heterocycles. The summed E-state index contributed by atoms with van der Waals surface area (Å²) in [6, 6.07) is 12.1. The van der Waals surface area contributed by atoms with Crippen molar-refractivity contribution in [3.8, 4) is 0 Å². The summed E-state index contributed by atoms with van der Waals surface area (Å²) in [4.78, 5) is 29.5. The Morgan fingerprint density at radius 2 is 1.86 bits per heavy atom. The van der Waals surface area contributed by atoms with Crippen molar-refractivity contribution in [1.29, 1.82) is 0 Å². The maximum Gasteiger partial charge on any atom is 0.256 e. The van der Waals surface area contributed by atoms with Crippen molar-refractivity contribution in [3.63, 3.8) is 0 Å². The zero-order valence-corrected chi connectivity index (χ0v) is 18.1. The van der Waals surface area contributed by atoms with E-state index in [0.29, 0.717) is 28.6 Å². The monoisotopic (exact) mass is 433 g/mol. The fourth-order valence-corrected chi connectivity index (χ4v) is 3.80. The van der Waals surface area contributed by atoms with Gasteiger partial charge in [0.25, 0.3) is 5.91 Å². The van der Waals surface area contributed by atoms with Crippen molar-refractivity contribution >= 4 is 40.7 Å². The molecule has 1 unspecified atom stereocenters. The molecular formula is C22H25Cl2N3O2. The van der Waals surface area contributed by atoms with E-state index in [2.05, 4.69) is 10.2 Å². The lowest BCUT2D eigenvalue weighted by Crippen LogP contribution is -2.43. The molecule has 1 fully saturated rings. The number of rotatable bonds is 6. The van der Waals surface area contributed by atoms with Crippen LogP contribution in [-0.2, 0) is 11.2 Å². The number of carbonyl (C=O) groups excluding carboxylic acids is 2. The number of carbonyl (C=O) groups is 2. The maximum absolute atomic E-state index is 13.0. The first-order valence-corrected chi connectivity index (χ1v) is 10.4. The summed E-state index contributed by atoms with van der Waals surface area (Å²) in [6.07, 6.45) is 2.34. The van der Waals surface area contributed by atoms with Crippen LogP contribution in [0, 0.1) is 0 Å². The molecule has 1 atom stereocenters. The van der Waals surface area contributed by atoms with Crippen LogP contribution in [0.4, 0.5) is 5.69 Å². The number of halogens is 2. The van der Waals surface area contributed by atoms with Crippen LogP contribution < -0.4 is 5.32 Å². The van der Waals surface area contributed by atoms with E-state index in [-0.39, 0.29) is 11.8 Å². The highest BCUT2D eigenvalue weighted by atomic mass is 35.5. The summed E-state index contributed by atoms with van der Waals surface area (Å²) >= 11 is 12.2. The highest BCUT2D eigenvalue weighted by Crippen LogP contribution is 2.27. The van der Waals surface area contributed by atoms with E-state index in [1.165, 1.54) is 5.56 Å². The van der Waals surface area contributed by atoms with E-state index < -0.39 is 6.04 Å². The molecule has 2 amide bonds. The molecule has 0 spiro atoms. The fourth-order valence-electron chi connectivity index (χ4n) is 3.43. The van der Waals surface area contributed by atoms with Crippen LogP contribution >= 0.6 is 23.2 Å². The Morgan fingerprint density at radius 1 is 1.14 bits per heavy atom. The first-order valence-electron chi connectivity index (χ1n) is 9.65. The summed E-state index contributed by atoms with van der Waals surface area (Å²) in [5, 5.41) is 3.71. The van der Waals surface area contributed by atoms with Gasteiger partial charge in [0, 0.05) is 23.8 Å². The highest BCUT2D eigenvalue weighted by molar-refractivity contribution is 6.35. The number of nitrogens with one attached hydrogen (secondary N) is 1. The number of anilines is 1. The summed E-state index contributed by atoms with van der Waals surface area (Å²) in [5.41, 5.74) is 2.26.